The Hall–Kier alpha value is -0.730. The molecular formula is C9H9Cl2NO. The smallest absolute Gasteiger partial charge is 0.0997 e. The molecule has 1 unspecified atom stereocenters. The Morgan fingerprint density at radius 3 is 2.38 bits per heavy atom. The van der Waals surface area contributed by atoms with Gasteiger partial charge in [-0.3, -0.25) is 0 Å². The molecule has 4 heteroatoms. The maximum absolute atomic E-state index is 8.50. The van der Waals surface area contributed by atoms with Crippen LogP contribution in [0.15, 0.2) is 29.4 Å². The molecule has 0 spiro atoms. The van der Waals surface area contributed by atoms with Crippen molar-refractivity contribution in [1.29, 1.82) is 0 Å². The number of benzene rings is 1. The molecule has 0 saturated carbocycles. The van der Waals surface area contributed by atoms with Crippen molar-refractivity contribution in [3.05, 3.63) is 34.9 Å². The van der Waals surface area contributed by atoms with Crippen molar-refractivity contribution in [3.8, 4) is 0 Å². The molecule has 0 aliphatic heterocycles. The van der Waals surface area contributed by atoms with E-state index in [9.17, 15) is 0 Å². The van der Waals surface area contributed by atoms with Crippen LogP contribution in [0.25, 0.3) is 0 Å². The van der Waals surface area contributed by atoms with Crippen LogP contribution in [0, 0.1) is 0 Å². The molecule has 1 aromatic rings. The topological polar surface area (TPSA) is 32.6 Å². The Balaban J connectivity index is 2.89. The van der Waals surface area contributed by atoms with Gasteiger partial charge >= 0.3 is 0 Å². The highest BCUT2D eigenvalue weighted by Crippen LogP contribution is 2.23. The zero-order valence-corrected chi connectivity index (χ0v) is 8.55. The van der Waals surface area contributed by atoms with E-state index < -0.39 is 5.38 Å². The lowest BCUT2D eigenvalue weighted by molar-refractivity contribution is 0.317. The molecule has 1 rings (SSSR count). The van der Waals surface area contributed by atoms with E-state index in [0.29, 0.717) is 10.7 Å². The van der Waals surface area contributed by atoms with Gasteiger partial charge in [0.1, 0.15) is 0 Å². The summed E-state index contributed by atoms with van der Waals surface area (Å²) in [7, 11) is 0. The third-order valence-electron chi connectivity index (χ3n) is 1.69. The van der Waals surface area contributed by atoms with Crippen molar-refractivity contribution >= 4 is 28.9 Å². The molecule has 1 atom stereocenters. The second-order valence-electron chi connectivity index (χ2n) is 2.66. The summed E-state index contributed by atoms with van der Waals surface area (Å²) in [5, 5.41) is 11.8. The lowest BCUT2D eigenvalue weighted by atomic mass is 10.1. The van der Waals surface area contributed by atoms with Crippen LogP contribution in [0.2, 0.25) is 5.02 Å². The molecule has 70 valence electrons. The molecule has 0 aliphatic rings. The van der Waals surface area contributed by atoms with Crippen molar-refractivity contribution in [2.75, 3.05) is 0 Å². The highest BCUT2D eigenvalue weighted by Gasteiger charge is 2.11. The molecule has 0 radical (unpaired) electrons. The molecule has 13 heavy (non-hydrogen) atoms. The molecule has 0 saturated heterocycles. The maximum atomic E-state index is 8.50. The fraction of sp³-hybridized carbons (Fsp3) is 0.222. The lowest BCUT2D eigenvalue weighted by Crippen LogP contribution is -2.01. The van der Waals surface area contributed by atoms with Gasteiger partial charge in [0.05, 0.1) is 11.1 Å². The molecule has 2 nitrogen and oxygen atoms in total. The molecule has 0 amide bonds. The monoisotopic (exact) mass is 217 g/mol. The zero-order valence-electron chi connectivity index (χ0n) is 7.04. The van der Waals surface area contributed by atoms with Crippen LogP contribution in [0.5, 0.6) is 0 Å². The number of rotatable bonds is 2. The summed E-state index contributed by atoms with van der Waals surface area (Å²) in [6.45, 7) is 1.66. The number of halogens is 2. The summed E-state index contributed by atoms with van der Waals surface area (Å²) in [4.78, 5) is 0. The van der Waals surface area contributed by atoms with E-state index >= 15 is 0 Å². The minimum atomic E-state index is -0.401. The minimum Gasteiger partial charge on any atom is -0.411 e. The fourth-order valence-corrected chi connectivity index (χ4v) is 1.24. The first-order valence-electron chi connectivity index (χ1n) is 3.73. The summed E-state index contributed by atoms with van der Waals surface area (Å²) >= 11 is 11.7. The van der Waals surface area contributed by atoms with E-state index in [4.69, 9.17) is 28.4 Å². The largest absolute Gasteiger partial charge is 0.411 e. The molecule has 0 aliphatic carbocycles. The Morgan fingerprint density at radius 2 is 1.92 bits per heavy atom. The van der Waals surface area contributed by atoms with Crippen molar-refractivity contribution in [2.24, 2.45) is 5.16 Å². The Morgan fingerprint density at radius 1 is 1.38 bits per heavy atom. The van der Waals surface area contributed by atoms with Crippen LogP contribution in [0.1, 0.15) is 17.9 Å². The SMILES string of the molecule is CC(=NO)C(Cl)c1ccc(Cl)cc1. The van der Waals surface area contributed by atoms with Gasteiger partial charge in [-0.15, -0.1) is 11.6 Å². The van der Waals surface area contributed by atoms with E-state index in [1.54, 1.807) is 31.2 Å². The Kier molecular flexibility index (Phi) is 3.58. The molecular weight excluding hydrogens is 209 g/mol. The van der Waals surface area contributed by atoms with Crippen LogP contribution >= 0.6 is 23.2 Å². The third-order valence-corrected chi connectivity index (χ3v) is 2.51. The quantitative estimate of drug-likeness (QED) is 0.350. The summed E-state index contributed by atoms with van der Waals surface area (Å²) in [5.74, 6) is 0. The Bertz CT molecular complexity index is 308. The van der Waals surface area contributed by atoms with Crippen LogP contribution in [-0.2, 0) is 0 Å². The van der Waals surface area contributed by atoms with E-state index in [1.165, 1.54) is 0 Å². The average molecular weight is 218 g/mol. The number of oxime groups is 1. The van der Waals surface area contributed by atoms with Gasteiger partial charge in [-0.25, -0.2) is 0 Å². The van der Waals surface area contributed by atoms with E-state index in [1.807, 2.05) is 0 Å². The zero-order chi connectivity index (χ0) is 9.84. The van der Waals surface area contributed by atoms with Gasteiger partial charge in [0, 0.05) is 5.02 Å². The first-order chi connectivity index (χ1) is 6.15. The second-order valence-corrected chi connectivity index (χ2v) is 3.53. The Labute approximate surface area is 86.8 Å². The predicted molar refractivity (Wildman–Crippen MR) is 54.9 cm³/mol. The summed E-state index contributed by atoms with van der Waals surface area (Å²) in [6.07, 6.45) is 0. The van der Waals surface area contributed by atoms with Crippen LogP contribution in [-0.4, -0.2) is 10.9 Å². The van der Waals surface area contributed by atoms with Crippen molar-refractivity contribution in [3.63, 3.8) is 0 Å². The number of hydrogen-bond acceptors (Lipinski definition) is 2. The number of hydrogen-bond donors (Lipinski definition) is 1. The summed E-state index contributed by atoms with van der Waals surface area (Å²) in [6, 6.07) is 7.09. The average Bonchev–Trinajstić information content (AvgIpc) is 2.17. The van der Waals surface area contributed by atoms with E-state index in [-0.39, 0.29) is 0 Å². The molecule has 0 aromatic heterocycles. The highest BCUT2D eigenvalue weighted by molar-refractivity contribution is 6.32. The number of nitrogens with zero attached hydrogens (tertiary/aromatic N) is 1. The molecule has 0 heterocycles. The van der Waals surface area contributed by atoms with Crippen LogP contribution in [0.4, 0.5) is 0 Å². The normalized spacial score (nSPS) is 14.2. The van der Waals surface area contributed by atoms with Gasteiger partial charge in [0.15, 0.2) is 0 Å². The lowest BCUT2D eigenvalue weighted by Gasteiger charge is -2.07. The van der Waals surface area contributed by atoms with Crippen molar-refractivity contribution in [2.45, 2.75) is 12.3 Å². The van der Waals surface area contributed by atoms with Crippen LogP contribution in [0.3, 0.4) is 0 Å². The third kappa shape index (κ3) is 2.61. The number of alkyl halides is 1. The molecule has 1 N–H and O–H groups in total. The standard InChI is InChI=1S/C9H9Cl2NO/c1-6(12-13)9(11)7-2-4-8(10)5-3-7/h2-5,9,13H,1H3. The summed E-state index contributed by atoms with van der Waals surface area (Å²) < 4.78 is 0. The second kappa shape index (κ2) is 4.49. The van der Waals surface area contributed by atoms with Gasteiger partial charge in [-0.05, 0) is 24.6 Å². The van der Waals surface area contributed by atoms with Crippen molar-refractivity contribution < 1.29 is 5.21 Å². The van der Waals surface area contributed by atoms with Gasteiger partial charge in [0.2, 0.25) is 0 Å². The van der Waals surface area contributed by atoms with Gasteiger partial charge in [-0.2, -0.15) is 0 Å². The van der Waals surface area contributed by atoms with Gasteiger partial charge < -0.3 is 5.21 Å². The minimum absolute atomic E-state index is 0.401. The predicted octanol–water partition coefficient (Wildman–Crippen LogP) is 3.47. The van der Waals surface area contributed by atoms with Crippen molar-refractivity contribution in [1.82, 2.24) is 0 Å². The first kappa shape index (κ1) is 10.4. The summed E-state index contributed by atoms with van der Waals surface area (Å²) in [5.41, 5.74) is 1.32. The van der Waals surface area contributed by atoms with Gasteiger partial charge in [-0.1, -0.05) is 28.9 Å². The molecule has 0 fully saturated rings. The molecule has 1 aromatic carbocycles. The molecule has 0 bridgehead atoms. The van der Waals surface area contributed by atoms with E-state index in [2.05, 4.69) is 5.16 Å². The fourth-order valence-electron chi connectivity index (χ4n) is 0.924. The maximum Gasteiger partial charge on any atom is 0.0997 e. The first-order valence-corrected chi connectivity index (χ1v) is 4.54. The van der Waals surface area contributed by atoms with Crippen LogP contribution < -0.4 is 0 Å². The highest BCUT2D eigenvalue weighted by atomic mass is 35.5. The van der Waals surface area contributed by atoms with Gasteiger partial charge in [0.25, 0.3) is 0 Å². The van der Waals surface area contributed by atoms with E-state index in [0.717, 1.165) is 5.56 Å².